The molecule has 0 unspecified atom stereocenters. The number of hydrogen-bond acceptors (Lipinski definition) is 4. The van der Waals surface area contributed by atoms with Gasteiger partial charge in [0.05, 0.1) is 0 Å². The highest BCUT2D eigenvalue weighted by atomic mass is 35.5. The number of ketones is 1. The molecule has 2 heterocycles. The first-order chi connectivity index (χ1) is 14.5. The van der Waals surface area contributed by atoms with Crippen molar-refractivity contribution >= 4 is 41.0 Å². The van der Waals surface area contributed by atoms with Crippen LogP contribution in [-0.2, 0) is 4.79 Å². The third-order valence-corrected chi connectivity index (χ3v) is 5.74. The minimum atomic E-state index is -0.104. The Balaban J connectivity index is 1.34. The number of carbonyl (C=O) groups excluding carboxylic acids is 2. The molecule has 1 fully saturated rings. The number of piperidine rings is 1. The highest BCUT2D eigenvalue weighted by Crippen LogP contribution is 2.32. The van der Waals surface area contributed by atoms with Crippen LogP contribution in [0.3, 0.4) is 0 Å². The zero-order valence-electron chi connectivity index (χ0n) is 16.3. The summed E-state index contributed by atoms with van der Waals surface area (Å²) in [5, 5.41) is 1.04. The molecule has 2 aromatic rings. The predicted octanol–water partition coefficient (Wildman–Crippen LogP) is 4.90. The number of fused-ring (bicyclic) bond motifs is 1. The Labute approximate surface area is 185 Å². The zero-order valence-corrected chi connectivity index (χ0v) is 17.8. The van der Waals surface area contributed by atoms with Gasteiger partial charge >= 0.3 is 0 Å². The third-order valence-electron chi connectivity index (χ3n) is 5.31. The summed E-state index contributed by atoms with van der Waals surface area (Å²) in [5.41, 5.74) is 1.39. The van der Waals surface area contributed by atoms with Crippen LogP contribution in [0.15, 0.2) is 42.5 Å². The van der Waals surface area contributed by atoms with E-state index < -0.39 is 0 Å². The summed E-state index contributed by atoms with van der Waals surface area (Å²) < 4.78 is 11.1. The van der Waals surface area contributed by atoms with E-state index in [-0.39, 0.29) is 17.6 Å². The molecule has 0 spiro atoms. The molecule has 0 saturated carbocycles. The third kappa shape index (κ3) is 4.79. The van der Waals surface area contributed by atoms with Crippen LogP contribution in [0.25, 0.3) is 6.08 Å². The number of halogens is 2. The average Bonchev–Trinajstić information content (AvgIpc) is 2.76. The van der Waals surface area contributed by atoms with Crippen LogP contribution in [0.4, 0.5) is 0 Å². The van der Waals surface area contributed by atoms with Crippen molar-refractivity contribution in [2.24, 2.45) is 5.92 Å². The van der Waals surface area contributed by atoms with Gasteiger partial charge in [-0.3, -0.25) is 9.59 Å². The quantitative estimate of drug-likeness (QED) is 0.495. The van der Waals surface area contributed by atoms with E-state index in [1.807, 2.05) is 0 Å². The van der Waals surface area contributed by atoms with Crippen molar-refractivity contribution in [2.75, 3.05) is 26.3 Å². The van der Waals surface area contributed by atoms with Crippen molar-refractivity contribution < 1.29 is 19.1 Å². The number of rotatable bonds is 4. The number of carbonyl (C=O) groups is 2. The Kier molecular flexibility index (Phi) is 6.30. The topological polar surface area (TPSA) is 55.8 Å². The lowest BCUT2D eigenvalue weighted by molar-refractivity contribution is -0.127. The SMILES string of the molecule is O=C(c1ccc2c(c1)OCCO2)C1CCN(C(=O)/C=C/c2cc(Cl)cc(Cl)c2)CC1. The standard InChI is InChI=1S/C23H21Cl2NO4/c24-18-11-15(12-19(25)14-18)1-4-22(27)26-7-5-16(6-8-26)23(28)17-2-3-20-21(13-17)30-10-9-29-20/h1-4,11-14,16H,5-10H2/b4-1+. The minimum Gasteiger partial charge on any atom is -0.486 e. The van der Waals surface area contributed by atoms with Gasteiger partial charge in [0.15, 0.2) is 17.3 Å². The Morgan fingerprint density at radius 3 is 2.30 bits per heavy atom. The molecule has 0 bridgehead atoms. The van der Waals surface area contributed by atoms with Crippen LogP contribution in [-0.4, -0.2) is 42.9 Å². The second kappa shape index (κ2) is 9.11. The highest BCUT2D eigenvalue weighted by Gasteiger charge is 2.28. The van der Waals surface area contributed by atoms with Gasteiger partial charge in [0.25, 0.3) is 0 Å². The molecule has 4 rings (SSSR count). The average molecular weight is 446 g/mol. The van der Waals surface area contributed by atoms with Gasteiger partial charge in [0.1, 0.15) is 13.2 Å². The van der Waals surface area contributed by atoms with Crippen LogP contribution in [0.5, 0.6) is 11.5 Å². The molecule has 2 aliphatic rings. The first-order valence-corrected chi connectivity index (χ1v) is 10.6. The molecule has 0 aromatic heterocycles. The number of amides is 1. The largest absolute Gasteiger partial charge is 0.486 e. The van der Waals surface area contributed by atoms with E-state index in [0.29, 0.717) is 66.3 Å². The van der Waals surface area contributed by atoms with Gasteiger partial charge in [0, 0.05) is 40.7 Å². The van der Waals surface area contributed by atoms with E-state index in [1.165, 1.54) is 6.08 Å². The molecule has 156 valence electrons. The van der Waals surface area contributed by atoms with Gasteiger partial charge in [-0.1, -0.05) is 23.2 Å². The second-order valence-electron chi connectivity index (χ2n) is 7.36. The van der Waals surface area contributed by atoms with Gasteiger partial charge in [0.2, 0.25) is 5.91 Å². The van der Waals surface area contributed by atoms with Crippen molar-refractivity contribution in [2.45, 2.75) is 12.8 Å². The van der Waals surface area contributed by atoms with Crippen molar-refractivity contribution in [1.29, 1.82) is 0 Å². The first-order valence-electron chi connectivity index (χ1n) is 9.86. The number of hydrogen-bond donors (Lipinski definition) is 0. The number of Topliss-reactive ketones (excluding diaryl/α,β-unsaturated/α-hetero) is 1. The maximum Gasteiger partial charge on any atom is 0.246 e. The Morgan fingerprint density at radius 1 is 0.933 bits per heavy atom. The lowest BCUT2D eigenvalue weighted by Crippen LogP contribution is -2.39. The zero-order chi connectivity index (χ0) is 21.1. The van der Waals surface area contributed by atoms with E-state index >= 15 is 0 Å². The molecule has 1 saturated heterocycles. The molecule has 0 radical (unpaired) electrons. The smallest absolute Gasteiger partial charge is 0.246 e. The summed E-state index contributed by atoms with van der Waals surface area (Å²) in [6, 6.07) is 10.5. The summed E-state index contributed by atoms with van der Waals surface area (Å²) in [5.74, 6) is 1.18. The molecule has 7 heteroatoms. The van der Waals surface area contributed by atoms with Gasteiger partial charge in [-0.25, -0.2) is 0 Å². The summed E-state index contributed by atoms with van der Waals surface area (Å²) in [6.07, 6.45) is 4.49. The molecule has 5 nitrogen and oxygen atoms in total. The van der Waals surface area contributed by atoms with Crippen molar-refractivity contribution in [1.82, 2.24) is 4.90 Å². The van der Waals surface area contributed by atoms with Crippen molar-refractivity contribution in [3.63, 3.8) is 0 Å². The summed E-state index contributed by atoms with van der Waals surface area (Å²) in [7, 11) is 0. The van der Waals surface area contributed by atoms with E-state index in [4.69, 9.17) is 32.7 Å². The Hall–Kier alpha value is -2.50. The van der Waals surface area contributed by atoms with Crippen molar-refractivity contribution in [3.05, 3.63) is 63.6 Å². The maximum absolute atomic E-state index is 12.9. The number of likely N-dealkylation sites (tertiary alicyclic amines) is 1. The van der Waals surface area contributed by atoms with Gasteiger partial charge < -0.3 is 14.4 Å². The summed E-state index contributed by atoms with van der Waals surface area (Å²) in [6.45, 7) is 2.09. The van der Waals surface area contributed by atoms with Crippen LogP contribution < -0.4 is 9.47 Å². The molecule has 0 atom stereocenters. The lowest BCUT2D eigenvalue weighted by Gasteiger charge is -2.30. The fraction of sp³-hybridized carbons (Fsp3) is 0.304. The molecule has 2 aromatic carbocycles. The van der Waals surface area contributed by atoms with E-state index in [1.54, 1.807) is 47.4 Å². The maximum atomic E-state index is 12.9. The minimum absolute atomic E-state index is 0.0863. The predicted molar refractivity (Wildman–Crippen MR) is 117 cm³/mol. The highest BCUT2D eigenvalue weighted by molar-refractivity contribution is 6.34. The summed E-state index contributed by atoms with van der Waals surface area (Å²) >= 11 is 12.0. The number of nitrogens with zero attached hydrogens (tertiary/aromatic N) is 1. The lowest BCUT2D eigenvalue weighted by atomic mass is 9.88. The van der Waals surface area contributed by atoms with Crippen LogP contribution in [0.2, 0.25) is 10.0 Å². The van der Waals surface area contributed by atoms with E-state index in [2.05, 4.69) is 0 Å². The van der Waals surface area contributed by atoms with E-state index in [0.717, 1.165) is 5.56 Å². The second-order valence-corrected chi connectivity index (χ2v) is 8.23. The van der Waals surface area contributed by atoms with Gasteiger partial charge in [-0.2, -0.15) is 0 Å². The molecular formula is C23H21Cl2NO4. The van der Waals surface area contributed by atoms with Crippen LogP contribution in [0, 0.1) is 5.92 Å². The molecular weight excluding hydrogens is 425 g/mol. The van der Waals surface area contributed by atoms with Gasteiger partial charge in [-0.15, -0.1) is 0 Å². The number of benzene rings is 2. The molecule has 2 aliphatic heterocycles. The Morgan fingerprint density at radius 2 is 1.60 bits per heavy atom. The fourth-order valence-corrected chi connectivity index (χ4v) is 4.28. The van der Waals surface area contributed by atoms with E-state index in [9.17, 15) is 9.59 Å². The fourth-order valence-electron chi connectivity index (χ4n) is 3.74. The Bertz CT molecular complexity index is 976. The monoisotopic (exact) mass is 445 g/mol. The number of ether oxygens (including phenoxy) is 2. The van der Waals surface area contributed by atoms with Crippen LogP contribution in [0.1, 0.15) is 28.8 Å². The van der Waals surface area contributed by atoms with Crippen molar-refractivity contribution in [3.8, 4) is 11.5 Å². The normalized spacial score (nSPS) is 16.7. The molecule has 0 N–H and O–H groups in total. The first kappa shape index (κ1) is 20.8. The summed E-state index contributed by atoms with van der Waals surface area (Å²) in [4.78, 5) is 27.2. The molecule has 30 heavy (non-hydrogen) atoms. The molecule has 0 aliphatic carbocycles. The van der Waals surface area contributed by atoms with Crippen LogP contribution >= 0.6 is 23.2 Å². The van der Waals surface area contributed by atoms with Gasteiger partial charge in [-0.05, 0) is 60.9 Å². The molecule has 1 amide bonds.